The topological polar surface area (TPSA) is 122 Å². The van der Waals surface area contributed by atoms with E-state index < -0.39 is 42.7 Å². The molecule has 1 heterocycles. The fourth-order valence-electron chi connectivity index (χ4n) is 2.42. The zero-order valence-electron chi connectivity index (χ0n) is 14.7. The second kappa shape index (κ2) is 9.06. The van der Waals surface area contributed by atoms with Crippen molar-refractivity contribution in [3.63, 3.8) is 0 Å². The molecule has 152 valence electrons. The lowest BCUT2D eigenvalue weighted by Gasteiger charge is -2.26. The van der Waals surface area contributed by atoms with E-state index in [1.165, 1.54) is 23.4 Å². The lowest BCUT2D eigenvalue weighted by Crippen LogP contribution is -2.47. The predicted molar refractivity (Wildman–Crippen MR) is 95.4 cm³/mol. The molecule has 12 heteroatoms. The summed E-state index contributed by atoms with van der Waals surface area (Å²) < 4.78 is 70.7. The minimum Gasteiger partial charge on any atom is -0.379 e. The van der Waals surface area contributed by atoms with Gasteiger partial charge < -0.3 is 10.1 Å². The first-order valence-electron chi connectivity index (χ1n) is 8.23. The van der Waals surface area contributed by atoms with Crippen LogP contribution in [0.5, 0.6) is 0 Å². The van der Waals surface area contributed by atoms with Crippen molar-refractivity contribution in [1.82, 2.24) is 14.3 Å². The highest BCUT2D eigenvalue weighted by molar-refractivity contribution is 7.89. The number of halogens is 1. The molecule has 2 N–H and O–H groups in total. The molecule has 0 radical (unpaired) electrons. The van der Waals surface area contributed by atoms with E-state index in [2.05, 4.69) is 10.0 Å². The van der Waals surface area contributed by atoms with Crippen molar-refractivity contribution in [1.29, 1.82) is 0 Å². The first kappa shape index (κ1) is 21.7. The van der Waals surface area contributed by atoms with E-state index in [0.717, 1.165) is 12.1 Å². The van der Waals surface area contributed by atoms with Gasteiger partial charge in [0.1, 0.15) is 10.7 Å². The zero-order valence-corrected chi connectivity index (χ0v) is 16.4. The molecule has 9 nitrogen and oxygen atoms in total. The van der Waals surface area contributed by atoms with E-state index in [4.69, 9.17) is 4.74 Å². The largest absolute Gasteiger partial charge is 0.379 e. The number of carbonyl (C=O) groups is 1. The Bertz CT molecular complexity index is 869. The van der Waals surface area contributed by atoms with Crippen LogP contribution in [0.25, 0.3) is 0 Å². The Morgan fingerprint density at radius 1 is 1.22 bits per heavy atom. The van der Waals surface area contributed by atoms with Gasteiger partial charge in [0.2, 0.25) is 26.0 Å². The van der Waals surface area contributed by atoms with Gasteiger partial charge in [-0.05, 0) is 19.1 Å². The lowest BCUT2D eigenvalue weighted by atomic mass is 10.3. The van der Waals surface area contributed by atoms with Crippen LogP contribution in [-0.2, 0) is 29.6 Å². The molecule has 0 bridgehead atoms. The Kier molecular flexibility index (Phi) is 7.28. The molecule has 1 aromatic rings. The maximum atomic E-state index is 13.6. The number of carbonyl (C=O) groups excluding carboxylic acids is 1. The molecule has 1 amide bonds. The molecule has 27 heavy (non-hydrogen) atoms. The standard InChI is InChI=1S/C15H22FN3O6S2/c1-12(18-27(23,24)14-5-3-2-4-13(14)16)15(20)17-6-11-26(21,22)19-7-9-25-10-8-19/h2-5,12,18H,6-11H2,1H3,(H,17,20)/t12-/m0/s1. The van der Waals surface area contributed by atoms with Crippen molar-refractivity contribution >= 4 is 26.0 Å². The predicted octanol–water partition coefficient (Wildman–Crippen LogP) is -0.729. The number of rotatable bonds is 8. The Labute approximate surface area is 158 Å². The molecule has 2 rings (SSSR count). The monoisotopic (exact) mass is 423 g/mol. The summed E-state index contributed by atoms with van der Waals surface area (Å²) in [7, 11) is -7.77. The minimum atomic E-state index is -4.23. The highest BCUT2D eigenvalue weighted by Crippen LogP contribution is 2.13. The van der Waals surface area contributed by atoms with Crippen LogP contribution in [0, 0.1) is 5.82 Å². The van der Waals surface area contributed by atoms with Gasteiger partial charge in [0.15, 0.2) is 0 Å². The summed E-state index contributed by atoms with van der Waals surface area (Å²) >= 11 is 0. The van der Waals surface area contributed by atoms with Crippen LogP contribution in [0.1, 0.15) is 6.92 Å². The number of benzene rings is 1. The Morgan fingerprint density at radius 3 is 2.48 bits per heavy atom. The summed E-state index contributed by atoms with van der Waals surface area (Å²) in [4.78, 5) is 11.5. The third kappa shape index (κ3) is 5.94. The fraction of sp³-hybridized carbons (Fsp3) is 0.533. The number of nitrogens with one attached hydrogen (secondary N) is 2. The highest BCUT2D eigenvalue weighted by Gasteiger charge is 2.26. The van der Waals surface area contributed by atoms with Gasteiger partial charge in [0.25, 0.3) is 0 Å². The fourth-order valence-corrected chi connectivity index (χ4v) is 5.03. The van der Waals surface area contributed by atoms with Gasteiger partial charge in [-0.25, -0.2) is 21.2 Å². The Hall–Kier alpha value is -1.60. The average Bonchev–Trinajstić information content (AvgIpc) is 2.62. The van der Waals surface area contributed by atoms with E-state index in [-0.39, 0.29) is 25.4 Å². The summed E-state index contributed by atoms with van der Waals surface area (Å²) in [5.41, 5.74) is 0. The summed E-state index contributed by atoms with van der Waals surface area (Å²) in [5.74, 6) is -1.97. The maximum absolute atomic E-state index is 13.6. The maximum Gasteiger partial charge on any atom is 0.244 e. The van der Waals surface area contributed by atoms with E-state index in [9.17, 15) is 26.0 Å². The second-order valence-electron chi connectivity index (χ2n) is 5.89. The molecule has 0 aliphatic carbocycles. The first-order valence-corrected chi connectivity index (χ1v) is 11.3. The van der Waals surface area contributed by atoms with Crippen LogP contribution in [0.4, 0.5) is 4.39 Å². The summed E-state index contributed by atoms with van der Waals surface area (Å²) in [6.45, 7) is 2.26. The normalized spacial score (nSPS) is 17.4. The van der Waals surface area contributed by atoms with Crippen LogP contribution in [0.15, 0.2) is 29.2 Å². The number of hydrogen-bond donors (Lipinski definition) is 2. The molecule has 1 aromatic carbocycles. The van der Waals surface area contributed by atoms with Crippen molar-refractivity contribution in [3.05, 3.63) is 30.1 Å². The first-order chi connectivity index (χ1) is 12.6. The van der Waals surface area contributed by atoms with Crippen LogP contribution in [0.3, 0.4) is 0 Å². The molecular weight excluding hydrogens is 401 g/mol. The van der Waals surface area contributed by atoms with Gasteiger partial charge >= 0.3 is 0 Å². The average molecular weight is 423 g/mol. The summed E-state index contributed by atoms with van der Waals surface area (Å²) in [6, 6.07) is 3.58. The third-order valence-electron chi connectivity index (χ3n) is 3.87. The third-order valence-corrected chi connectivity index (χ3v) is 7.32. The molecule has 1 fully saturated rings. The summed E-state index contributed by atoms with van der Waals surface area (Å²) in [5, 5.41) is 2.37. The Balaban J connectivity index is 1.87. The molecule has 0 unspecified atom stereocenters. The molecule has 0 spiro atoms. The number of ether oxygens (including phenoxy) is 1. The van der Waals surface area contributed by atoms with E-state index in [1.807, 2.05) is 0 Å². The van der Waals surface area contributed by atoms with Crippen LogP contribution in [-0.4, -0.2) is 71.7 Å². The molecule has 1 atom stereocenters. The van der Waals surface area contributed by atoms with E-state index >= 15 is 0 Å². The molecule has 0 saturated carbocycles. The van der Waals surface area contributed by atoms with Gasteiger partial charge in [-0.2, -0.15) is 9.03 Å². The van der Waals surface area contributed by atoms with E-state index in [1.54, 1.807) is 0 Å². The van der Waals surface area contributed by atoms with Gasteiger partial charge in [0, 0.05) is 19.6 Å². The molecule has 1 aliphatic rings. The van der Waals surface area contributed by atoms with Gasteiger partial charge in [0.05, 0.1) is 25.0 Å². The summed E-state index contributed by atoms with van der Waals surface area (Å²) in [6.07, 6.45) is 0. The van der Waals surface area contributed by atoms with Crippen molar-refractivity contribution in [2.75, 3.05) is 38.6 Å². The smallest absolute Gasteiger partial charge is 0.244 e. The van der Waals surface area contributed by atoms with Crippen molar-refractivity contribution in [3.8, 4) is 0 Å². The number of morpholine rings is 1. The zero-order chi connectivity index (χ0) is 20.1. The van der Waals surface area contributed by atoms with Gasteiger partial charge in [-0.1, -0.05) is 12.1 Å². The van der Waals surface area contributed by atoms with Crippen LogP contribution < -0.4 is 10.0 Å². The van der Waals surface area contributed by atoms with Crippen LogP contribution in [0.2, 0.25) is 0 Å². The van der Waals surface area contributed by atoms with E-state index in [0.29, 0.717) is 13.2 Å². The van der Waals surface area contributed by atoms with Gasteiger partial charge in [-0.3, -0.25) is 4.79 Å². The Morgan fingerprint density at radius 2 is 1.85 bits per heavy atom. The molecular formula is C15H22FN3O6S2. The number of nitrogens with zero attached hydrogens (tertiary/aromatic N) is 1. The SMILES string of the molecule is C[C@H](NS(=O)(=O)c1ccccc1F)C(=O)NCCS(=O)(=O)N1CCOCC1. The highest BCUT2D eigenvalue weighted by atomic mass is 32.2. The van der Waals surface area contributed by atoms with Crippen molar-refractivity contribution in [2.45, 2.75) is 17.9 Å². The minimum absolute atomic E-state index is 0.176. The quantitative estimate of drug-likeness (QED) is 0.569. The van der Waals surface area contributed by atoms with Gasteiger partial charge in [-0.15, -0.1) is 0 Å². The molecule has 1 aliphatic heterocycles. The van der Waals surface area contributed by atoms with Crippen molar-refractivity contribution < 1.29 is 30.8 Å². The number of hydrogen-bond acceptors (Lipinski definition) is 6. The second-order valence-corrected chi connectivity index (χ2v) is 9.66. The number of amides is 1. The number of sulfonamides is 2. The van der Waals surface area contributed by atoms with Crippen LogP contribution >= 0.6 is 0 Å². The molecule has 1 saturated heterocycles. The lowest BCUT2D eigenvalue weighted by molar-refractivity contribution is -0.122. The molecule has 0 aromatic heterocycles. The van der Waals surface area contributed by atoms with Crippen molar-refractivity contribution in [2.24, 2.45) is 0 Å².